The summed E-state index contributed by atoms with van der Waals surface area (Å²) in [6.07, 6.45) is 0.747. The molecule has 2 aromatic rings. The van der Waals surface area contributed by atoms with Gasteiger partial charge in [0.15, 0.2) is 0 Å². The predicted molar refractivity (Wildman–Crippen MR) is 80.1 cm³/mol. The van der Waals surface area contributed by atoms with E-state index in [-0.39, 0.29) is 11.7 Å². The second-order valence-electron chi connectivity index (χ2n) is 4.92. The molecular formula is C17H19NO2. The Morgan fingerprint density at radius 2 is 1.80 bits per heavy atom. The highest BCUT2D eigenvalue weighted by molar-refractivity contribution is 5.95. The van der Waals surface area contributed by atoms with Crippen molar-refractivity contribution in [2.24, 2.45) is 0 Å². The minimum Gasteiger partial charge on any atom is -0.508 e. The number of carbonyl (C=O) groups excluding carboxylic acids is 1. The van der Waals surface area contributed by atoms with E-state index in [1.165, 1.54) is 0 Å². The van der Waals surface area contributed by atoms with Gasteiger partial charge < -0.3 is 10.4 Å². The first-order chi connectivity index (χ1) is 9.58. The highest BCUT2D eigenvalue weighted by atomic mass is 16.3. The van der Waals surface area contributed by atoms with Crippen LogP contribution in [0.5, 0.6) is 5.75 Å². The van der Waals surface area contributed by atoms with Crippen molar-refractivity contribution in [3.8, 4) is 5.75 Å². The normalized spacial score (nSPS) is 10.3. The number of benzene rings is 2. The van der Waals surface area contributed by atoms with E-state index in [0.717, 1.165) is 28.7 Å². The van der Waals surface area contributed by atoms with Gasteiger partial charge in [-0.1, -0.05) is 24.3 Å². The Morgan fingerprint density at radius 3 is 2.50 bits per heavy atom. The van der Waals surface area contributed by atoms with E-state index < -0.39 is 0 Å². The molecule has 0 aliphatic rings. The summed E-state index contributed by atoms with van der Waals surface area (Å²) in [6, 6.07) is 12.8. The largest absolute Gasteiger partial charge is 0.508 e. The zero-order chi connectivity index (χ0) is 14.5. The first kappa shape index (κ1) is 14.1. The van der Waals surface area contributed by atoms with Crippen LogP contribution in [-0.2, 0) is 6.42 Å². The fourth-order valence-corrected chi connectivity index (χ4v) is 2.08. The van der Waals surface area contributed by atoms with Crippen molar-refractivity contribution in [1.29, 1.82) is 0 Å². The lowest BCUT2D eigenvalue weighted by molar-refractivity contribution is 0.0953. The van der Waals surface area contributed by atoms with Crippen LogP contribution in [0.3, 0.4) is 0 Å². The Morgan fingerprint density at radius 1 is 1.10 bits per heavy atom. The average molecular weight is 269 g/mol. The maximum Gasteiger partial charge on any atom is 0.251 e. The van der Waals surface area contributed by atoms with E-state index >= 15 is 0 Å². The molecule has 0 aliphatic heterocycles. The predicted octanol–water partition coefficient (Wildman–Crippen LogP) is 2.98. The Labute approximate surface area is 119 Å². The van der Waals surface area contributed by atoms with Crippen LogP contribution in [0, 0.1) is 13.8 Å². The lowest BCUT2D eigenvalue weighted by atomic mass is 10.0. The number of phenolic OH excluding ortho intramolecular Hbond substituents is 1. The number of nitrogens with one attached hydrogen (secondary N) is 1. The van der Waals surface area contributed by atoms with Crippen LogP contribution in [-0.4, -0.2) is 17.6 Å². The second-order valence-corrected chi connectivity index (χ2v) is 4.92. The molecule has 2 aromatic carbocycles. The summed E-state index contributed by atoms with van der Waals surface area (Å²) in [6.45, 7) is 4.55. The van der Waals surface area contributed by atoms with Gasteiger partial charge in [-0.25, -0.2) is 0 Å². The summed E-state index contributed by atoms with van der Waals surface area (Å²) in [5.74, 6) is 0.221. The van der Waals surface area contributed by atoms with Gasteiger partial charge in [0.25, 0.3) is 5.91 Å². The Kier molecular flexibility index (Phi) is 4.41. The molecule has 20 heavy (non-hydrogen) atoms. The van der Waals surface area contributed by atoms with E-state index in [0.29, 0.717) is 6.54 Å². The van der Waals surface area contributed by atoms with Crippen LogP contribution in [0.2, 0.25) is 0 Å². The maximum atomic E-state index is 12.1. The number of amides is 1. The molecule has 0 heterocycles. The number of aromatic hydroxyl groups is 1. The van der Waals surface area contributed by atoms with Crippen molar-refractivity contribution in [3.63, 3.8) is 0 Å². The minimum absolute atomic E-state index is 0.0371. The van der Waals surface area contributed by atoms with Gasteiger partial charge in [0.1, 0.15) is 5.75 Å². The van der Waals surface area contributed by atoms with E-state index in [1.807, 2.05) is 44.2 Å². The number of rotatable bonds is 4. The van der Waals surface area contributed by atoms with Crippen molar-refractivity contribution < 1.29 is 9.90 Å². The maximum absolute atomic E-state index is 12.1. The number of phenols is 1. The standard InChI is InChI=1S/C17H19NO2/c1-12-4-3-5-16(13(12)2)17(20)18-11-10-14-6-8-15(19)9-7-14/h3-9,19H,10-11H2,1-2H3,(H,18,20). The number of hydrogen-bond donors (Lipinski definition) is 2. The zero-order valence-electron chi connectivity index (χ0n) is 11.8. The quantitative estimate of drug-likeness (QED) is 0.896. The summed E-state index contributed by atoms with van der Waals surface area (Å²) in [7, 11) is 0. The lowest BCUT2D eigenvalue weighted by Crippen LogP contribution is -2.26. The van der Waals surface area contributed by atoms with E-state index in [4.69, 9.17) is 0 Å². The molecule has 3 nitrogen and oxygen atoms in total. The first-order valence-corrected chi connectivity index (χ1v) is 6.70. The first-order valence-electron chi connectivity index (χ1n) is 6.70. The molecule has 0 fully saturated rings. The summed E-state index contributed by atoms with van der Waals surface area (Å²) >= 11 is 0. The van der Waals surface area contributed by atoms with Gasteiger partial charge in [-0.15, -0.1) is 0 Å². The highest BCUT2D eigenvalue weighted by Gasteiger charge is 2.09. The summed E-state index contributed by atoms with van der Waals surface area (Å²) < 4.78 is 0. The molecule has 3 heteroatoms. The molecule has 0 aliphatic carbocycles. The number of aryl methyl sites for hydroxylation is 1. The highest BCUT2D eigenvalue weighted by Crippen LogP contribution is 2.13. The molecule has 1 amide bonds. The fourth-order valence-electron chi connectivity index (χ4n) is 2.08. The van der Waals surface area contributed by atoms with Gasteiger partial charge >= 0.3 is 0 Å². The van der Waals surface area contributed by atoms with E-state index in [9.17, 15) is 9.90 Å². The smallest absolute Gasteiger partial charge is 0.251 e. The molecule has 2 rings (SSSR count). The molecule has 0 spiro atoms. The third-order valence-corrected chi connectivity index (χ3v) is 3.48. The van der Waals surface area contributed by atoms with Gasteiger partial charge in [-0.3, -0.25) is 4.79 Å². The Hall–Kier alpha value is -2.29. The molecule has 0 unspecified atom stereocenters. The topological polar surface area (TPSA) is 49.3 Å². The van der Waals surface area contributed by atoms with E-state index in [1.54, 1.807) is 12.1 Å². The monoisotopic (exact) mass is 269 g/mol. The Balaban J connectivity index is 1.92. The SMILES string of the molecule is Cc1cccc(C(=O)NCCc2ccc(O)cc2)c1C. The van der Waals surface area contributed by atoms with Gasteiger partial charge in [0.05, 0.1) is 0 Å². The molecule has 0 atom stereocenters. The molecule has 0 saturated carbocycles. The van der Waals surface area contributed by atoms with Crippen LogP contribution in [0.1, 0.15) is 27.0 Å². The van der Waals surface area contributed by atoms with Gasteiger partial charge in [-0.05, 0) is 55.2 Å². The third-order valence-electron chi connectivity index (χ3n) is 3.48. The van der Waals surface area contributed by atoms with Crippen molar-refractivity contribution in [3.05, 3.63) is 64.7 Å². The molecule has 0 saturated heterocycles. The van der Waals surface area contributed by atoms with Crippen LogP contribution < -0.4 is 5.32 Å². The van der Waals surface area contributed by atoms with Crippen LogP contribution in [0.4, 0.5) is 0 Å². The molecule has 104 valence electrons. The molecule has 0 aromatic heterocycles. The number of carbonyl (C=O) groups is 1. The van der Waals surface area contributed by atoms with Gasteiger partial charge in [0.2, 0.25) is 0 Å². The third kappa shape index (κ3) is 3.38. The zero-order valence-corrected chi connectivity index (χ0v) is 11.8. The lowest BCUT2D eigenvalue weighted by Gasteiger charge is -2.09. The summed E-state index contributed by atoms with van der Waals surface area (Å²) in [4.78, 5) is 12.1. The van der Waals surface area contributed by atoms with Crippen molar-refractivity contribution in [1.82, 2.24) is 5.32 Å². The van der Waals surface area contributed by atoms with Crippen LogP contribution in [0.15, 0.2) is 42.5 Å². The van der Waals surface area contributed by atoms with Crippen molar-refractivity contribution >= 4 is 5.91 Å². The average Bonchev–Trinajstić information content (AvgIpc) is 2.44. The second kappa shape index (κ2) is 6.24. The Bertz CT molecular complexity index is 603. The molecule has 0 radical (unpaired) electrons. The van der Waals surface area contributed by atoms with Crippen molar-refractivity contribution in [2.45, 2.75) is 20.3 Å². The summed E-state index contributed by atoms with van der Waals surface area (Å²) in [5.41, 5.74) is 3.96. The van der Waals surface area contributed by atoms with Crippen LogP contribution >= 0.6 is 0 Å². The van der Waals surface area contributed by atoms with Crippen molar-refractivity contribution in [2.75, 3.05) is 6.54 Å². The minimum atomic E-state index is -0.0371. The molecule has 2 N–H and O–H groups in total. The molecule has 0 bridgehead atoms. The van der Waals surface area contributed by atoms with Gasteiger partial charge in [-0.2, -0.15) is 0 Å². The van der Waals surface area contributed by atoms with E-state index in [2.05, 4.69) is 5.32 Å². The summed E-state index contributed by atoms with van der Waals surface area (Å²) in [5, 5.41) is 12.1. The van der Waals surface area contributed by atoms with Gasteiger partial charge in [0, 0.05) is 12.1 Å². The fraction of sp³-hybridized carbons (Fsp3) is 0.235. The molecular weight excluding hydrogens is 250 g/mol. The van der Waals surface area contributed by atoms with Crippen LogP contribution in [0.25, 0.3) is 0 Å². The number of hydrogen-bond acceptors (Lipinski definition) is 2.